The van der Waals surface area contributed by atoms with Gasteiger partial charge in [-0.3, -0.25) is 9.36 Å². The van der Waals surface area contributed by atoms with Crippen molar-refractivity contribution in [2.45, 2.75) is 347 Å². The van der Waals surface area contributed by atoms with Gasteiger partial charge in [-0.2, -0.15) is 0 Å². The lowest BCUT2D eigenvalue weighted by molar-refractivity contribution is -0.870. The Kier molecular flexibility index (Phi) is 54.4. The van der Waals surface area contributed by atoms with Crippen molar-refractivity contribution in [3.8, 4) is 0 Å². The summed E-state index contributed by atoms with van der Waals surface area (Å²) in [6.45, 7) is 4.78. The highest BCUT2D eigenvalue weighted by molar-refractivity contribution is 7.45. The van der Waals surface area contributed by atoms with Crippen molar-refractivity contribution in [3.63, 3.8) is 0 Å². The van der Waals surface area contributed by atoms with Crippen LogP contribution in [0, 0.1) is 0 Å². The number of likely N-dealkylation sites (N-methyl/N-ethyl adjacent to an activating group) is 1. The summed E-state index contributed by atoms with van der Waals surface area (Å²) >= 11 is 0. The highest BCUT2D eigenvalue weighted by Gasteiger charge is 2.24. The van der Waals surface area contributed by atoms with Gasteiger partial charge in [-0.1, -0.05) is 302 Å². The molecule has 8 nitrogen and oxygen atoms in total. The Morgan fingerprint density at radius 2 is 0.764 bits per heavy atom. The maximum absolute atomic E-state index is 13.0. The van der Waals surface area contributed by atoms with Crippen LogP contribution < -0.4 is 10.2 Å². The van der Waals surface area contributed by atoms with Crippen LogP contribution in [0.1, 0.15) is 335 Å². The zero-order valence-electron chi connectivity index (χ0n) is 49.2. The van der Waals surface area contributed by atoms with Crippen molar-refractivity contribution < 1.29 is 32.9 Å². The van der Waals surface area contributed by atoms with E-state index < -0.39 is 20.0 Å². The second kappa shape index (κ2) is 55.0. The Labute approximate surface area is 450 Å². The molecule has 3 atom stereocenters. The average molecular weight is 1040 g/mol. The van der Waals surface area contributed by atoms with Crippen LogP contribution in [0.5, 0.6) is 0 Å². The number of quaternary nitrogens is 1. The van der Waals surface area contributed by atoms with E-state index in [0.29, 0.717) is 23.9 Å². The number of hydrogen-bond acceptors (Lipinski definition) is 6. The molecule has 0 fully saturated rings. The third-order valence-electron chi connectivity index (χ3n) is 15.0. The van der Waals surface area contributed by atoms with Crippen LogP contribution in [-0.4, -0.2) is 68.5 Å². The standard InChI is InChI=1S/C63H127N2O6P/c1-6-8-10-12-14-16-18-20-22-24-26-28-30-31-32-33-35-37-39-41-43-45-47-49-51-53-55-57-63(67)64-61(60-71-72(68,69)70-59-58-65(3,4)5)62(66)56-54-52-50-48-46-44-42-40-38-36-34-29-27-25-23-21-19-17-15-13-11-9-7-2/h24,26,61-62,66H,6-23,25,27-60H2,1-5H3,(H-,64,67,68,69)/b26-24-. The van der Waals surface area contributed by atoms with E-state index in [1.807, 2.05) is 21.1 Å². The molecule has 0 saturated carbocycles. The minimum Gasteiger partial charge on any atom is -0.756 e. The Morgan fingerprint density at radius 3 is 1.08 bits per heavy atom. The normalized spacial score (nSPS) is 13.8. The zero-order chi connectivity index (χ0) is 52.7. The minimum atomic E-state index is -4.57. The number of allylic oxidation sites excluding steroid dienone is 2. The first-order chi connectivity index (χ1) is 35.0. The average Bonchev–Trinajstić information content (AvgIpc) is 3.34. The predicted molar refractivity (Wildman–Crippen MR) is 312 cm³/mol. The van der Waals surface area contributed by atoms with Gasteiger partial charge in [-0.15, -0.1) is 0 Å². The number of rotatable bonds is 60. The van der Waals surface area contributed by atoms with E-state index in [1.165, 1.54) is 270 Å². The van der Waals surface area contributed by atoms with Crippen molar-refractivity contribution in [2.75, 3.05) is 40.9 Å². The molecule has 0 aliphatic carbocycles. The molecule has 0 aromatic carbocycles. The molecular formula is C63H127N2O6P. The molecule has 0 heterocycles. The number of carbonyl (C=O) groups is 1. The topological polar surface area (TPSA) is 108 Å². The molecule has 3 unspecified atom stereocenters. The molecule has 72 heavy (non-hydrogen) atoms. The lowest BCUT2D eigenvalue weighted by Gasteiger charge is -2.30. The van der Waals surface area contributed by atoms with E-state index in [2.05, 4.69) is 31.3 Å². The number of phosphoric ester groups is 1. The van der Waals surface area contributed by atoms with E-state index in [4.69, 9.17) is 9.05 Å². The quantitative estimate of drug-likeness (QED) is 0.0272. The number of nitrogens with zero attached hydrogens (tertiary/aromatic N) is 1. The molecule has 0 aliphatic heterocycles. The fraction of sp³-hybridized carbons (Fsp3) is 0.952. The predicted octanol–water partition coefficient (Wildman–Crippen LogP) is 19.1. The van der Waals surface area contributed by atoms with Crippen LogP contribution in [0.4, 0.5) is 0 Å². The molecule has 1 amide bonds. The van der Waals surface area contributed by atoms with Crippen LogP contribution in [0.2, 0.25) is 0 Å². The first-order valence-corrected chi connectivity index (χ1v) is 33.5. The van der Waals surface area contributed by atoms with Crippen LogP contribution in [0.3, 0.4) is 0 Å². The van der Waals surface area contributed by atoms with Gasteiger partial charge in [-0.25, -0.2) is 0 Å². The second-order valence-corrected chi connectivity index (χ2v) is 24.9. The number of amides is 1. The lowest BCUT2D eigenvalue weighted by atomic mass is 10.0. The molecular weight excluding hydrogens is 912 g/mol. The molecule has 0 spiro atoms. The van der Waals surface area contributed by atoms with Gasteiger partial charge in [0.1, 0.15) is 13.2 Å². The number of hydrogen-bond donors (Lipinski definition) is 2. The van der Waals surface area contributed by atoms with Crippen LogP contribution in [-0.2, 0) is 18.4 Å². The highest BCUT2D eigenvalue weighted by atomic mass is 31.2. The molecule has 0 aliphatic rings. The third-order valence-corrected chi connectivity index (χ3v) is 16.0. The number of phosphoric acid groups is 1. The van der Waals surface area contributed by atoms with Crippen molar-refractivity contribution in [2.24, 2.45) is 0 Å². The molecule has 0 aromatic rings. The van der Waals surface area contributed by atoms with Crippen LogP contribution >= 0.6 is 7.82 Å². The first-order valence-electron chi connectivity index (χ1n) is 32.0. The van der Waals surface area contributed by atoms with Crippen molar-refractivity contribution in [1.29, 1.82) is 0 Å². The van der Waals surface area contributed by atoms with Gasteiger partial charge in [0.15, 0.2) is 0 Å². The van der Waals surface area contributed by atoms with E-state index in [0.717, 1.165) is 38.5 Å². The number of aliphatic hydroxyl groups excluding tert-OH is 1. The monoisotopic (exact) mass is 1040 g/mol. The van der Waals surface area contributed by atoms with Crippen LogP contribution in [0.15, 0.2) is 12.2 Å². The summed E-state index contributed by atoms with van der Waals surface area (Å²) in [7, 11) is 1.32. The Bertz CT molecular complexity index is 1180. The summed E-state index contributed by atoms with van der Waals surface area (Å²) in [4.78, 5) is 25.6. The molecule has 430 valence electrons. The number of carbonyl (C=O) groups excluding carboxylic acids is 1. The third kappa shape index (κ3) is 57.0. The number of nitrogens with one attached hydrogen (secondary N) is 1. The van der Waals surface area contributed by atoms with E-state index in [-0.39, 0.29) is 19.1 Å². The molecule has 0 bridgehead atoms. The largest absolute Gasteiger partial charge is 0.756 e. The first kappa shape index (κ1) is 71.2. The van der Waals surface area contributed by atoms with Gasteiger partial charge in [0, 0.05) is 6.42 Å². The van der Waals surface area contributed by atoms with Gasteiger partial charge in [0.2, 0.25) is 5.91 Å². The Hall–Kier alpha value is -0.760. The van der Waals surface area contributed by atoms with Crippen LogP contribution in [0.25, 0.3) is 0 Å². The maximum atomic E-state index is 13.0. The summed E-state index contributed by atoms with van der Waals surface area (Å²) in [5.74, 6) is -0.157. The van der Waals surface area contributed by atoms with E-state index >= 15 is 0 Å². The van der Waals surface area contributed by atoms with Gasteiger partial charge in [0.05, 0.1) is 39.9 Å². The van der Waals surface area contributed by atoms with Crippen molar-refractivity contribution in [3.05, 3.63) is 12.2 Å². The number of unbranched alkanes of at least 4 members (excludes halogenated alkanes) is 45. The minimum absolute atomic E-state index is 0.0154. The molecule has 2 N–H and O–H groups in total. The summed E-state index contributed by atoms with van der Waals surface area (Å²) in [5, 5.41) is 14.1. The molecule has 0 saturated heterocycles. The summed E-state index contributed by atoms with van der Waals surface area (Å²) in [6.07, 6.45) is 68.3. The Balaban J connectivity index is 4.06. The van der Waals surface area contributed by atoms with Gasteiger partial charge in [-0.05, 0) is 38.5 Å². The number of aliphatic hydroxyl groups is 1. The lowest BCUT2D eigenvalue weighted by Crippen LogP contribution is -2.46. The van der Waals surface area contributed by atoms with Gasteiger partial charge < -0.3 is 28.8 Å². The van der Waals surface area contributed by atoms with Gasteiger partial charge >= 0.3 is 0 Å². The summed E-state index contributed by atoms with van der Waals surface area (Å²) in [5.41, 5.74) is 0. The van der Waals surface area contributed by atoms with Crippen molar-refractivity contribution in [1.82, 2.24) is 5.32 Å². The molecule has 0 rings (SSSR count). The fourth-order valence-corrected chi connectivity index (χ4v) is 10.7. The molecule has 9 heteroatoms. The fourth-order valence-electron chi connectivity index (χ4n) is 9.98. The van der Waals surface area contributed by atoms with E-state index in [1.54, 1.807) is 0 Å². The summed E-state index contributed by atoms with van der Waals surface area (Å²) < 4.78 is 23.5. The Morgan fingerprint density at radius 1 is 0.472 bits per heavy atom. The SMILES string of the molecule is CCCCCCCCCC/C=C\CCCCCCCCCCCCCCCCCC(=O)NC(COP(=O)([O-])OCC[N+](C)(C)C)C(O)CCCCCCCCCCCCCCCCCCCCCCCCC. The molecule has 0 radical (unpaired) electrons. The maximum Gasteiger partial charge on any atom is 0.268 e. The second-order valence-electron chi connectivity index (χ2n) is 23.5. The molecule has 0 aromatic heterocycles. The highest BCUT2D eigenvalue weighted by Crippen LogP contribution is 2.38. The van der Waals surface area contributed by atoms with Crippen molar-refractivity contribution >= 4 is 13.7 Å². The van der Waals surface area contributed by atoms with Gasteiger partial charge in [0.25, 0.3) is 7.82 Å². The smallest absolute Gasteiger partial charge is 0.268 e. The van der Waals surface area contributed by atoms with E-state index in [9.17, 15) is 19.4 Å². The summed E-state index contributed by atoms with van der Waals surface area (Å²) in [6, 6.07) is -0.798. The zero-order valence-corrected chi connectivity index (χ0v) is 50.1.